The highest BCUT2D eigenvalue weighted by Crippen LogP contribution is 2.32. The molecule has 2 aromatic heterocycles. The second-order valence-electron chi connectivity index (χ2n) is 8.39. The standard InChI is InChI=1S/C27H20N6OS/c1-17-6-4-7-18(12-17)15-32-16-20(21-9-2-3-10-23(21)32)13-22-24(28)33-27(30-25(22)34)35-26(31-33)19-8-5-11-29-14-19/h2-14,16,28H,15H2,1H3. The number of hydrogen-bond donors (Lipinski definition) is 1. The van der Waals surface area contributed by atoms with Gasteiger partial charge in [0.25, 0.3) is 5.91 Å². The van der Waals surface area contributed by atoms with E-state index in [0.29, 0.717) is 16.8 Å². The van der Waals surface area contributed by atoms with Gasteiger partial charge in [-0.15, -0.1) is 0 Å². The van der Waals surface area contributed by atoms with Crippen molar-refractivity contribution in [2.75, 3.05) is 0 Å². The Morgan fingerprint density at radius 2 is 1.97 bits per heavy atom. The van der Waals surface area contributed by atoms with Crippen molar-refractivity contribution in [3.8, 4) is 0 Å². The molecule has 0 fully saturated rings. The highest BCUT2D eigenvalue weighted by atomic mass is 32.2. The van der Waals surface area contributed by atoms with Gasteiger partial charge in [-0.3, -0.25) is 15.2 Å². The zero-order valence-electron chi connectivity index (χ0n) is 18.8. The fourth-order valence-electron chi connectivity index (χ4n) is 4.28. The Morgan fingerprint density at radius 1 is 1.09 bits per heavy atom. The van der Waals surface area contributed by atoms with E-state index in [1.807, 2.05) is 36.5 Å². The Morgan fingerprint density at radius 3 is 2.80 bits per heavy atom. The van der Waals surface area contributed by atoms with Gasteiger partial charge in [0, 0.05) is 47.2 Å². The summed E-state index contributed by atoms with van der Waals surface area (Å²) in [5, 5.41) is 16.8. The summed E-state index contributed by atoms with van der Waals surface area (Å²) in [6.45, 7) is 2.79. The number of carbonyl (C=O) groups excluding carboxylic acids is 1. The van der Waals surface area contributed by atoms with Gasteiger partial charge in [-0.2, -0.15) is 15.1 Å². The largest absolute Gasteiger partial charge is 0.342 e. The SMILES string of the molecule is Cc1cccc(Cn2cc(C=C3C(=N)N4N=C(c5cccnc5)SC4=NC3=O)c3ccccc32)c1. The van der Waals surface area contributed by atoms with Gasteiger partial charge in [-0.1, -0.05) is 48.0 Å². The maximum absolute atomic E-state index is 13.0. The molecule has 8 heteroatoms. The predicted molar refractivity (Wildman–Crippen MR) is 141 cm³/mol. The van der Waals surface area contributed by atoms with Crippen LogP contribution < -0.4 is 0 Å². The highest BCUT2D eigenvalue weighted by Gasteiger charge is 2.36. The molecule has 0 bridgehead atoms. The first kappa shape index (κ1) is 21.2. The van der Waals surface area contributed by atoms with Crippen molar-refractivity contribution in [2.45, 2.75) is 13.5 Å². The maximum Gasteiger partial charge on any atom is 0.283 e. The quantitative estimate of drug-likeness (QED) is 0.417. The van der Waals surface area contributed by atoms with Crippen LogP contribution in [0.4, 0.5) is 0 Å². The van der Waals surface area contributed by atoms with Gasteiger partial charge in [0.15, 0.2) is 5.84 Å². The average molecular weight is 477 g/mol. The molecule has 0 radical (unpaired) electrons. The molecule has 0 spiro atoms. The molecule has 35 heavy (non-hydrogen) atoms. The summed E-state index contributed by atoms with van der Waals surface area (Å²) >= 11 is 1.27. The number of hydrogen-bond acceptors (Lipinski definition) is 5. The first-order valence-electron chi connectivity index (χ1n) is 11.1. The van der Waals surface area contributed by atoms with E-state index in [9.17, 15) is 4.79 Å². The lowest BCUT2D eigenvalue weighted by Gasteiger charge is -2.20. The molecule has 7 nitrogen and oxygen atoms in total. The van der Waals surface area contributed by atoms with Crippen molar-refractivity contribution in [3.05, 3.63) is 107 Å². The number of amides is 1. The van der Waals surface area contributed by atoms with Crippen LogP contribution in [0, 0.1) is 12.3 Å². The van der Waals surface area contributed by atoms with Gasteiger partial charge in [0.1, 0.15) is 5.04 Å². The van der Waals surface area contributed by atoms with Crippen molar-refractivity contribution in [1.29, 1.82) is 5.41 Å². The van der Waals surface area contributed by atoms with Crippen LogP contribution >= 0.6 is 11.8 Å². The summed E-state index contributed by atoms with van der Waals surface area (Å²) in [5.74, 6) is -0.422. The van der Waals surface area contributed by atoms with Crippen molar-refractivity contribution >= 4 is 50.7 Å². The Labute approximate surface area is 206 Å². The van der Waals surface area contributed by atoms with Gasteiger partial charge in [-0.25, -0.2) is 0 Å². The number of rotatable bonds is 4. The maximum atomic E-state index is 13.0. The monoisotopic (exact) mass is 476 g/mol. The molecule has 0 saturated heterocycles. The van der Waals surface area contributed by atoms with Crippen LogP contribution in [0.5, 0.6) is 0 Å². The number of para-hydroxylation sites is 1. The second-order valence-corrected chi connectivity index (χ2v) is 9.34. The van der Waals surface area contributed by atoms with Gasteiger partial charge in [0.2, 0.25) is 5.17 Å². The topological polar surface area (TPSA) is 86.7 Å². The van der Waals surface area contributed by atoms with Crippen molar-refractivity contribution < 1.29 is 4.79 Å². The zero-order chi connectivity index (χ0) is 23.9. The van der Waals surface area contributed by atoms with E-state index in [1.165, 1.54) is 27.9 Å². The lowest BCUT2D eigenvalue weighted by atomic mass is 10.1. The minimum absolute atomic E-state index is 0.0157. The molecule has 0 unspecified atom stereocenters. The number of aliphatic imine (C=N–C) groups is 1. The Hall–Kier alpha value is -4.30. The van der Waals surface area contributed by atoms with Crippen molar-refractivity contribution in [2.24, 2.45) is 10.1 Å². The molecule has 2 aromatic carbocycles. The number of carbonyl (C=O) groups is 1. The molecule has 6 rings (SSSR count). The molecule has 1 amide bonds. The molecule has 0 aliphatic carbocycles. The fourth-order valence-corrected chi connectivity index (χ4v) is 5.16. The first-order valence-corrected chi connectivity index (χ1v) is 11.9. The minimum atomic E-state index is -0.438. The number of aromatic nitrogens is 2. The van der Waals surface area contributed by atoms with E-state index in [-0.39, 0.29) is 11.4 Å². The molecule has 4 heterocycles. The number of pyridine rings is 1. The summed E-state index contributed by atoms with van der Waals surface area (Å²) in [6, 6.07) is 20.2. The number of nitrogens with zero attached hydrogens (tertiary/aromatic N) is 5. The molecule has 0 atom stereocenters. The van der Waals surface area contributed by atoms with E-state index < -0.39 is 5.91 Å². The third-order valence-corrected chi connectivity index (χ3v) is 6.88. The lowest BCUT2D eigenvalue weighted by Crippen LogP contribution is -2.35. The van der Waals surface area contributed by atoms with Crippen molar-refractivity contribution in [1.82, 2.24) is 14.6 Å². The van der Waals surface area contributed by atoms with Gasteiger partial charge < -0.3 is 4.57 Å². The van der Waals surface area contributed by atoms with Crippen LogP contribution in [0.1, 0.15) is 22.3 Å². The summed E-state index contributed by atoms with van der Waals surface area (Å²) in [7, 11) is 0. The normalized spacial score (nSPS) is 16.6. The van der Waals surface area contributed by atoms with E-state index in [0.717, 1.165) is 22.0 Å². The van der Waals surface area contributed by atoms with E-state index in [2.05, 4.69) is 56.9 Å². The number of fused-ring (bicyclic) bond motifs is 2. The Balaban J connectivity index is 1.38. The number of hydrazone groups is 1. The fraction of sp³-hybridized carbons (Fsp3) is 0.0741. The summed E-state index contributed by atoms with van der Waals surface area (Å²) in [4.78, 5) is 21.3. The molecule has 0 saturated carbocycles. The van der Waals surface area contributed by atoms with Crippen LogP contribution in [0.25, 0.3) is 17.0 Å². The molecule has 2 aliphatic heterocycles. The smallest absolute Gasteiger partial charge is 0.283 e. The summed E-state index contributed by atoms with van der Waals surface area (Å²) in [6.07, 6.45) is 7.18. The lowest BCUT2D eigenvalue weighted by molar-refractivity contribution is -0.114. The molecule has 2 aliphatic rings. The van der Waals surface area contributed by atoms with Gasteiger partial charge in [0.05, 0.1) is 5.57 Å². The number of benzene rings is 2. The summed E-state index contributed by atoms with van der Waals surface area (Å²) in [5.41, 5.74) is 5.37. The first-order chi connectivity index (χ1) is 17.1. The van der Waals surface area contributed by atoms with Gasteiger partial charge in [-0.05, 0) is 48.5 Å². The number of nitrogens with one attached hydrogen (secondary N) is 1. The average Bonchev–Trinajstić information content (AvgIpc) is 3.44. The van der Waals surface area contributed by atoms with Crippen LogP contribution in [0.3, 0.4) is 0 Å². The van der Waals surface area contributed by atoms with E-state index in [4.69, 9.17) is 5.41 Å². The second kappa shape index (κ2) is 8.48. The molecule has 4 aromatic rings. The number of amidine groups is 2. The molecular formula is C27H20N6OS. The number of thioether (sulfide) groups is 1. The van der Waals surface area contributed by atoms with E-state index in [1.54, 1.807) is 18.5 Å². The summed E-state index contributed by atoms with van der Waals surface area (Å²) < 4.78 is 2.17. The number of aryl methyl sites for hydroxylation is 1. The highest BCUT2D eigenvalue weighted by molar-refractivity contribution is 8.27. The van der Waals surface area contributed by atoms with E-state index >= 15 is 0 Å². The minimum Gasteiger partial charge on any atom is -0.342 e. The Kier molecular flexibility index (Phi) is 5.15. The molecule has 1 N–H and O–H groups in total. The third kappa shape index (κ3) is 3.87. The van der Waals surface area contributed by atoms with Crippen LogP contribution in [-0.4, -0.2) is 36.5 Å². The van der Waals surface area contributed by atoms with Crippen LogP contribution in [-0.2, 0) is 11.3 Å². The molecule has 170 valence electrons. The van der Waals surface area contributed by atoms with Gasteiger partial charge >= 0.3 is 0 Å². The Bertz CT molecular complexity index is 1600. The predicted octanol–water partition coefficient (Wildman–Crippen LogP) is 5.06. The zero-order valence-corrected chi connectivity index (χ0v) is 19.7. The molecular weight excluding hydrogens is 456 g/mol. The van der Waals surface area contributed by atoms with Crippen molar-refractivity contribution in [3.63, 3.8) is 0 Å². The van der Waals surface area contributed by atoms with Crippen LogP contribution in [0.2, 0.25) is 0 Å². The van der Waals surface area contributed by atoms with Crippen LogP contribution in [0.15, 0.2) is 94.9 Å². The third-order valence-electron chi connectivity index (χ3n) is 5.92.